The van der Waals surface area contributed by atoms with E-state index in [1.807, 2.05) is 13.1 Å². The summed E-state index contributed by atoms with van der Waals surface area (Å²) in [4.78, 5) is 7.32. The first-order valence-electron chi connectivity index (χ1n) is 4.99. The Morgan fingerprint density at radius 2 is 2.43 bits per heavy atom. The standard InChI is InChI=1S/C10H19N3O/c1-4-9(7-14-3)12-6-10-5-11-8(2)13-10/h5,9,12H,4,6-7H2,1-3H3,(H,11,13). The molecule has 1 atom stereocenters. The summed E-state index contributed by atoms with van der Waals surface area (Å²) >= 11 is 0. The Hall–Kier alpha value is -0.870. The number of hydrogen-bond donors (Lipinski definition) is 2. The number of methoxy groups -OCH3 is 1. The minimum absolute atomic E-state index is 0.420. The van der Waals surface area contributed by atoms with Gasteiger partial charge in [-0.25, -0.2) is 4.98 Å². The van der Waals surface area contributed by atoms with Gasteiger partial charge >= 0.3 is 0 Å². The molecule has 0 aromatic carbocycles. The summed E-state index contributed by atoms with van der Waals surface area (Å²) in [5.74, 6) is 0.960. The van der Waals surface area contributed by atoms with E-state index in [4.69, 9.17) is 4.74 Å². The van der Waals surface area contributed by atoms with Crippen molar-refractivity contribution in [3.8, 4) is 0 Å². The number of aromatic nitrogens is 2. The first kappa shape index (κ1) is 11.2. The zero-order valence-electron chi connectivity index (χ0n) is 9.13. The van der Waals surface area contributed by atoms with Crippen LogP contribution >= 0.6 is 0 Å². The molecule has 80 valence electrons. The van der Waals surface area contributed by atoms with Crippen molar-refractivity contribution in [2.45, 2.75) is 32.9 Å². The van der Waals surface area contributed by atoms with Crippen molar-refractivity contribution in [3.63, 3.8) is 0 Å². The highest BCUT2D eigenvalue weighted by molar-refractivity contribution is 4.99. The van der Waals surface area contributed by atoms with Crippen molar-refractivity contribution >= 4 is 0 Å². The Morgan fingerprint density at radius 3 is 2.93 bits per heavy atom. The normalized spacial score (nSPS) is 13.1. The summed E-state index contributed by atoms with van der Waals surface area (Å²) in [6, 6.07) is 0.420. The van der Waals surface area contributed by atoms with Crippen molar-refractivity contribution in [2.24, 2.45) is 0 Å². The second-order valence-electron chi connectivity index (χ2n) is 3.44. The summed E-state index contributed by atoms with van der Waals surface area (Å²) in [5.41, 5.74) is 1.12. The van der Waals surface area contributed by atoms with E-state index in [0.29, 0.717) is 6.04 Å². The maximum absolute atomic E-state index is 5.10. The van der Waals surface area contributed by atoms with E-state index < -0.39 is 0 Å². The number of H-pyrrole nitrogens is 1. The molecule has 0 radical (unpaired) electrons. The summed E-state index contributed by atoms with van der Waals surface area (Å²) in [6.45, 7) is 5.68. The highest BCUT2D eigenvalue weighted by Gasteiger charge is 2.05. The molecule has 0 fully saturated rings. The molecule has 1 aromatic heterocycles. The fraction of sp³-hybridized carbons (Fsp3) is 0.700. The van der Waals surface area contributed by atoms with Gasteiger partial charge in [-0.1, -0.05) is 6.92 Å². The van der Waals surface area contributed by atoms with Crippen LogP contribution in [-0.4, -0.2) is 29.7 Å². The molecule has 0 spiro atoms. The number of nitrogens with one attached hydrogen (secondary N) is 2. The SMILES string of the molecule is CCC(COC)NCc1cnc(C)[nH]1. The minimum atomic E-state index is 0.420. The first-order chi connectivity index (χ1) is 6.76. The Balaban J connectivity index is 2.31. The average Bonchev–Trinajstić information content (AvgIpc) is 2.59. The van der Waals surface area contributed by atoms with Crippen LogP contribution in [-0.2, 0) is 11.3 Å². The molecule has 4 nitrogen and oxygen atoms in total. The fourth-order valence-corrected chi connectivity index (χ4v) is 1.34. The molecule has 14 heavy (non-hydrogen) atoms. The molecule has 0 bridgehead atoms. The predicted octanol–water partition coefficient (Wildman–Crippen LogP) is 1.23. The summed E-state index contributed by atoms with van der Waals surface area (Å²) in [7, 11) is 1.73. The van der Waals surface area contributed by atoms with E-state index >= 15 is 0 Å². The lowest BCUT2D eigenvalue weighted by atomic mass is 10.2. The van der Waals surface area contributed by atoms with Crippen LogP contribution in [0.5, 0.6) is 0 Å². The molecule has 1 heterocycles. The number of imidazole rings is 1. The van der Waals surface area contributed by atoms with Crippen LogP contribution in [0.4, 0.5) is 0 Å². The van der Waals surface area contributed by atoms with Gasteiger partial charge in [0.15, 0.2) is 0 Å². The third kappa shape index (κ3) is 3.47. The molecule has 0 aliphatic carbocycles. The van der Waals surface area contributed by atoms with Crippen molar-refractivity contribution in [3.05, 3.63) is 17.7 Å². The molecular formula is C10H19N3O. The Kier molecular flexibility index (Phi) is 4.62. The van der Waals surface area contributed by atoms with Gasteiger partial charge in [-0.05, 0) is 13.3 Å². The Bertz CT molecular complexity index is 260. The number of nitrogens with zero attached hydrogens (tertiary/aromatic N) is 1. The third-order valence-electron chi connectivity index (χ3n) is 2.20. The van der Waals surface area contributed by atoms with Crippen LogP contribution in [0.25, 0.3) is 0 Å². The lowest BCUT2D eigenvalue weighted by Gasteiger charge is -2.14. The molecular weight excluding hydrogens is 178 g/mol. The van der Waals surface area contributed by atoms with Crippen molar-refractivity contribution in [2.75, 3.05) is 13.7 Å². The Morgan fingerprint density at radius 1 is 1.64 bits per heavy atom. The minimum Gasteiger partial charge on any atom is -0.383 e. The molecule has 4 heteroatoms. The summed E-state index contributed by atoms with van der Waals surface area (Å²) in [6.07, 6.45) is 2.93. The van der Waals surface area contributed by atoms with Crippen molar-refractivity contribution in [1.29, 1.82) is 0 Å². The third-order valence-corrected chi connectivity index (χ3v) is 2.20. The van der Waals surface area contributed by atoms with Crippen LogP contribution < -0.4 is 5.32 Å². The van der Waals surface area contributed by atoms with Gasteiger partial charge in [0.1, 0.15) is 5.82 Å². The summed E-state index contributed by atoms with van der Waals surface area (Å²) < 4.78 is 5.10. The zero-order valence-corrected chi connectivity index (χ0v) is 9.13. The topological polar surface area (TPSA) is 49.9 Å². The molecule has 0 saturated heterocycles. The quantitative estimate of drug-likeness (QED) is 0.721. The van der Waals surface area contributed by atoms with Crippen LogP contribution in [0.15, 0.2) is 6.20 Å². The van der Waals surface area contributed by atoms with Gasteiger partial charge in [0.05, 0.1) is 6.61 Å². The molecule has 1 rings (SSSR count). The van der Waals surface area contributed by atoms with E-state index in [9.17, 15) is 0 Å². The van der Waals surface area contributed by atoms with Crippen LogP contribution in [0.2, 0.25) is 0 Å². The van der Waals surface area contributed by atoms with Crippen LogP contribution in [0, 0.1) is 6.92 Å². The van der Waals surface area contributed by atoms with E-state index in [1.54, 1.807) is 7.11 Å². The fourth-order valence-electron chi connectivity index (χ4n) is 1.34. The van der Waals surface area contributed by atoms with Gasteiger partial charge in [0.25, 0.3) is 0 Å². The number of hydrogen-bond acceptors (Lipinski definition) is 3. The largest absolute Gasteiger partial charge is 0.383 e. The maximum Gasteiger partial charge on any atom is 0.103 e. The second-order valence-corrected chi connectivity index (χ2v) is 3.44. The van der Waals surface area contributed by atoms with E-state index in [-0.39, 0.29) is 0 Å². The predicted molar refractivity (Wildman–Crippen MR) is 56.1 cm³/mol. The maximum atomic E-state index is 5.10. The molecule has 0 aliphatic rings. The average molecular weight is 197 g/mol. The van der Waals surface area contributed by atoms with Crippen molar-refractivity contribution in [1.82, 2.24) is 15.3 Å². The number of aromatic amines is 1. The zero-order chi connectivity index (χ0) is 10.4. The first-order valence-corrected chi connectivity index (χ1v) is 4.99. The number of rotatable bonds is 6. The van der Waals surface area contributed by atoms with E-state index in [1.165, 1.54) is 0 Å². The van der Waals surface area contributed by atoms with Crippen molar-refractivity contribution < 1.29 is 4.74 Å². The highest BCUT2D eigenvalue weighted by Crippen LogP contribution is 1.98. The van der Waals surface area contributed by atoms with Crippen LogP contribution in [0.1, 0.15) is 24.9 Å². The number of aryl methyl sites for hydroxylation is 1. The molecule has 2 N–H and O–H groups in total. The van der Waals surface area contributed by atoms with E-state index in [0.717, 1.165) is 31.1 Å². The summed E-state index contributed by atoms with van der Waals surface area (Å²) in [5, 5.41) is 3.40. The molecule has 0 aliphatic heterocycles. The van der Waals surface area contributed by atoms with E-state index in [2.05, 4.69) is 22.2 Å². The lowest BCUT2D eigenvalue weighted by Crippen LogP contribution is -2.32. The van der Waals surface area contributed by atoms with Gasteiger partial charge in [-0.15, -0.1) is 0 Å². The smallest absolute Gasteiger partial charge is 0.103 e. The van der Waals surface area contributed by atoms with Gasteiger partial charge in [0.2, 0.25) is 0 Å². The number of ether oxygens (including phenoxy) is 1. The van der Waals surface area contributed by atoms with Crippen LogP contribution in [0.3, 0.4) is 0 Å². The monoisotopic (exact) mass is 197 g/mol. The molecule has 0 amide bonds. The van der Waals surface area contributed by atoms with Gasteiger partial charge in [-0.3, -0.25) is 0 Å². The highest BCUT2D eigenvalue weighted by atomic mass is 16.5. The second kappa shape index (κ2) is 5.78. The van der Waals surface area contributed by atoms with Gasteiger partial charge < -0.3 is 15.0 Å². The molecule has 0 saturated carbocycles. The molecule has 1 aromatic rings. The van der Waals surface area contributed by atoms with Gasteiger partial charge in [0, 0.05) is 31.6 Å². The van der Waals surface area contributed by atoms with Gasteiger partial charge in [-0.2, -0.15) is 0 Å². The Labute approximate surface area is 85.1 Å². The molecule has 1 unspecified atom stereocenters. The lowest BCUT2D eigenvalue weighted by molar-refractivity contribution is 0.163.